The minimum absolute atomic E-state index is 0.00870. The molecule has 70 valence electrons. The van der Waals surface area contributed by atoms with Crippen LogP contribution in [0.4, 0.5) is 0 Å². The molecule has 0 spiro atoms. The summed E-state index contributed by atoms with van der Waals surface area (Å²) in [6.45, 7) is 2.96. The normalized spacial score (nSPS) is 28.3. The molecule has 1 rings (SSSR count). The Kier molecular flexibility index (Phi) is 3.69. The number of carbonyl (C=O) groups excluding carboxylic acids is 1. The molecule has 3 unspecified atom stereocenters. The Labute approximate surface area is 73.5 Å². The van der Waals surface area contributed by atoms with Gasteiger partial charge in [-0.3, -0.25) is 0 Å². The van der Waals surface area contributed by atoms with Crippen molar-refractivity contribution in [2.24, 2.45) is 5.92 Å². The summed E-state index contributed by atoms with van der Waals surface area (Å²) in [6, 6.07) is 0.371. The predicted octanol–water partition coefficient (Wildman–Crippen LogP) is 0.588. The molecule has 0 amide bonds. The van der Waals surface area contributed by atoms with E-state index in [0.717, 1.165) is 19.3 Å². The van der Waals surface area contributed by atoms with Crippen molar-refractivity contribution in [3.63, 3.8) is 0 Å². The minimum atomic E-state index is -0.00870. The van der Waals surface area contributed by atoms with Gasteiger partial charge in [-0.1, -0.05) is 6.92 Å². The van der Waals surface area contributed by atoms with Crippen molar-refractivity contribution in [3.8, 4) is 0 Å². The molecule has 0 saturated carbocycles. The largest absolute Gasteiger partial charge is 0.379 e. The van der Waals surface area contributed by atoms with Crippen molar-refractivity contribution in [1.29, 1.82) is 0 Å². The fourth-order valence-corrected chi connectivity index (χ4v) is 1.81. The summed E-state index contributed by atoms with van der Waals surface area (Å²) in [5, 5.41) is 3.34. The van der Waals surface area contributed by atoms with Gasteiger partial charge in [0.15, 0.2) is 0 Å². The van der Waals surface area contributed by atoms with Crippen LogP contribution < -0.4 is 5.32 Å². The molecule has 0 aromatic rings. The van der Waals surface area contributed by atoms with Crippen LogP contribution >= 0.6 is 0 Å². The van der Waals surface area contributed by atoms with Crippen LogP contribution in [0.25, 0.3) is 0 Å². The average Bonchev–Trinajstić information content (AvgIpc) is 2.58. The molecule has 1 N–H and O–H groups in total. The molecule has 1 aliphatic rings. The van der Waals surface area contributed by atoms with E-state index in [1.807, 2.05) is 6.92 Å². The van der Waals surface area contributed by atoms with E-state index in [1.54, 1.807) is 7.11 Å². The number of hydrogen-bond donors (Lipinski definition) is 1. The zero-order valence-electron chi connectivity index (χ0n) is 7.75. The van der Waals surface area contributed by atoms with Gasteiger partial charge >= 0.3 is 0 Å². The van der Waals surface area contributed by atoms with Gasteiger partial charge in [-0.15, -0.1) is 0 Å². The molecule has 1 saturated heterocycles. The van der Waals surface area contributed by atoms with Crippen LogP contribution in [0.1, 0.15) is 19.8 Å². The molecule has 3 nitrogen and oxygen atoms in total. The number of hydrogen-bond acceptors (Lipinski definition) is 3. The topological polar surface area (TPSA) is 38.3 Å². The Morgan fingerprint density at radius 2 is 2.42 bits per heavy atom. The third-order valence-electron chi connectivity index (χ3n) is 2.50. The van der Waals surface area contributed by atoms with E-state index < -0.39 is 0 Å². The van der Waals surface area contributed by atoms with Crippen LogP contribution in [-0.4, -0.2) is 32.1 Å². The molecule has 1 fully saturated rings. The van der Waals surface area contributed by atoms with E-state index >= 15 is 0 Å². The van der Waals surface area contributed by atoms with Crippen LogP contribution in [0, 0.1) is 5.92 Å². The molecular weight excluding hydrogens is 154 g/mol. The second-order valence-corrected chi connectivity index (χ2v) is 3.40. The van der Waals surface area contributed by atoms with E-state index in [4.69, 9.17) is 4.74 Å². The van der Waals surface area contributed by atoms with E-state index in [0.29, 0.717) is 6.04 Å². The van der Waals surface area contributed by atoms with Gasteiger partial charge in [0, 0.05) is 19.1 Å². The highest BCUT2D eigenvalue weighted by Gasteiger charge is 2.28. The first-order valence-corrected chi connectivity index (χ1v) is 4.51. The lowest BCUT2D eigenvalue weighted by molar-refractivity contribution is -0.115. The fraction of sp³-hybridized carbons (Fsp3) is 0.889. The zero-order chi connectivity index (χ0) is 8.97. The molecular formula is C9H17NO2. The van der Waals surface area contributed by atoms with Crippen LogP contribution in [0.3, 0.4) is 0 Å². The van der Waals surface area contributed by atoms with Gasteiger partial charge in [0.05, 0.1) is 6.10 Å². The van der Waals surface area contributed by atoms with Crippen LogP contribution in [-0.2, 0) is 9.53 Å². The molecule has 3 atom stereocenters. The molecule has 0 aromatic carbocycles. The van der Waals surface area contributed by atoms with Gasteiger partial charge in [-0.05, 0) is 19.4 Å². The van der Waals surface area contributed by atoms with Gasteiger partial charge in [0.2, 0.25) is 0 Å². The third-order valence-corrected chi connectivity index (χ3v) is 2.50. The lowest BCUT2D eigenvalue weighted by atomic mass is 9.98. The summed E-state index contributed by atoms with van der Waals surface area (Å²) in [7, 11) is 1.67. The number of carbonyl (C=O) groups is 1. The molecule has 1 heterocycles. The molecule has 1 aliphatic heterocycles. The molecule has 0 aliphatic carbocycles. The van der Waals surface area contributed by atoms with E-state index in [1.165, 1.54) is 6.42 Å². The number of rotatable bonds is 4. The van der Waals surface area contributed by atoms with Gasteiger partial charge in [0.1, 0.15) is 6.29 Å². The average molecular weight is 171 g/mol. The predicted molar refractivity (Wildman–Crippen MR) is 47.0 cm³/mol. The third kappa shape index (κ3) is 2.05. The van der Waals surface area contributed by atoms with Crippen LogP contribution in [0.5, 0.6) is 0 Å². The summed E-state index contributed by atoms with van der Waals surface area (Å²) < 4.78 is 5.29. The highest BCUT2D eigenvalue weighted by Crippen LogP contribution is 2.16. The lowest BCUT2D eigenvalue weighted by Crippen LogP contribution is -2.40. The summed E-state index contributed by atoms with van der Waals surface area (Å²) in [5.74, 6) is -0.00870. The van der Waals surface area contributed by atoms with Crippen molar-refractivity contribution in [3.05, 3.63) is 0 Å². The molecule has 3 heteroatoms. The standard InChI is InChI=1S/C9H17NO2/c1-7(6-11)9(12-2)8-4-3-5-10-8/h6-10H,3-5H2,1-2H3. The molecule has 0 radical (unpaired) electrons. The van der Waals surface area contributed by atoms with E-state index in [2.05, 4.69) is 5.32 Å². The number of methoxy groups -OCH3 is 1. The number of ether oxygens (including phenoxy) is 1. The highest BCUT2D eigenvalue weighted by molar-refractivity contribution is 5.54. The van der Waals surface area contributed by atoms with Crippen molar-refractivity contribution in [2.75, 3.05) is 13.7 Å². The zero-order valence-corrected chi connectivity index (χ0v) is 7.75. The number of nitrogens with one attached hydrogen (secondary N) is 1. The Morgan fingerprint density at radius 1 is 1.67 bits per heavy atom. The Balaban J connectivity index is 2.47. The first kappa shape index (κ1) is 9.68. The summed E-state index contributed by atoms with van der Waals surface area (Å²) in [5.41, 5.74) is 0. The second-order valence-electron chi connectivity index (χ2n) is 3.40. The fourth-order valence-electron chi connectivity index (χ4n) is 1.81. The first-order chi connectivity index (χ1) is 5.79. The quantitative estimate of drug-likeness (QED) is 0.629. The van der Waals surface area contributed by atoms with Gasteiger partial charge in [0.25, 0.3) is 0 Å². The van der Waals surface area contributed by atoms with Crippen molar-refractivity contribution in [2.45, 2.75) is 31.9 Å². The number of aldehydes is 1. The van der Waals surface area contributed by atoms with Crippen molar-refractivity contribution >= 4 is 6.29 Å². The monoisotopic (exact) mass is 171 g/mol. The second kappa shape index (κ2) is 4.58. The van der Waals surface area contributed by atoms with E-state index in [-0.39, 0.29) is 12.0 Å². The molecule has 12 heavy (non-hydrogen) atoms. The van der Waals surface area contributed by atoms with Crippen LogP contribution in [0.15, 0.2) is 0 Å². The summed E-state index contributed by atoms with van der Waals surface area (Å²) in [4.78, 5) is 10.6. The Bertz CT molecular complexity index is 143. The maximum Gasteiger partial charge on any atom is 0.125 e. The van der Waals surface area contributed by atoms with Crippen LogP contribution in [0.2, 0.25) is 0 Å². The van der Waals surface area contributed by atoms with Crippen molar-refractivity contribution in [1.82, 2.24) is 5.32 Å². The smallest absolute Gasteiger partial charge is 0.125 e. The SMILES string of the molecule is COC(C(C)C=O)C1CCCN1. The van der Waals surface area contributed by atoms with Gasteiger partial charge < -0.3 is 14.8 Å². The van der Waals surface area contributed by atoms with E-state index in [9.17, 15) is 4.79 Å². The summed E-state index contributed by atoms with van der Waals surface area (Å²) >= 11 is 0. The summed E-state index contributed by atoms with van der Waals surface area (Å²) in [6.07, 6.45) is 3.33. The molecule has 0 bridgehead atoms. The Morgan fingerprint density at radius 3 is 2.83 bits per heavy atom. The highest BCUT2D eigenvalue weighted by atomic mass is 16.5. The lowest BCUT2D eigenvalue weighted by Gasteiger charge is -2.24. The maximum absolute atomic E-state index is 10.6. The van der Waals surface area contributed by atoms with Gasteiger partial charge in [-0.2, -0.15) is 0 Å². The first-order valence-electron chi connectivity index (χ1n) is 4.51. The van der Waals surface area contributed by atoms with Crippen molar-refractivity contribution < 1.29 is 9.53 Å². The minimum Gasteiger partial charge on any atom is -0.379 e. The van der Waals surface area contributed by atoms with Gasteiger partial charge in [-0.25, -0.2) is 0 Å². The Hall–Kier alpha value is -0.410. The molecule has 0 aromatic heterocycles. The maximum atomic E-state index is 10.6.